The van der Waals surface area contributed by atoms with Crippen LogP contribution in [0.4, 0.5) is 0 Å². The molecule has 0 aromatic carbocycles. The first-order valence-corrected chi connectivity index (χ1v) is 8.50. The number of carbonyl (C=O) groups is 1. The molecule has 0 aliphatic carbocycles. The number of rotatable bonds is 3. The fourth-order valence-corrected chi connectivity index (χ4v) is 4.22. The van der Waals surface area contributed by atoms with Crippen LogP contribution >= 0.6 is 0 Å². The number of carboxylic acids is 1. The number of pyridine rings is 1. The zero-order chi connectivity index (χ0) is 15.9. The van der Waals surface area contributed by atoms with E-state index in [1.54, 1.807) is 11.6 Å². The molecule has 1 N–H and O–H groups in total. The maximum absolute atomic E-state index is 11.7. The van der Waals surface area contributed by atoms with E-state index in [2.05, 4.69) is 15.1 Å². The summed E-state index contributed by atoms with van der Waals surface area (Å²) in [6.45, 7) is 1.71. The van der Waals surface area contributed by atoms with Crippen molar-refractivity contribution in [2.45, 2.75) is 19.4 Å². The zero-order valence-corrected chi connectivity index (χ0v) is 12.6. The van der Waals surface area contributed by atoms with E-state index in [1.807, 2.05) is 0 Å². The second kappa shape index (κ2) is 5.16. The van der Waals surface area contributed by atoms with Gasteiger partial charge < -0.3 is 5.11 Å². The fraction of sp³-hybridized carbons (Fsp3) is 0.385. The van der Waals surface area contributed by atoms with Gasteiger partial charge in [-0.25, -0.2) is 22.9 Å². The van der Waals surface area contributed by atoms with Crippen LogP contribution in [0, 0.1) is 6.92 Å². The summed E-state index contributed by atoms with van der Waals surface area (Å²) in [6.07, 6.45) is 3.22. The Morgan fingerprint density at radius 3 is 2.82 bits per heavy atom. The molecule has 116 valence electrons. The molecule has 2 aromatic heterocycles. The molecule has 3 rings (SSSR count). The summed E-state index contributed by atoms with van der Waals surface area (Å²) < 4.78 is 24.9. The Morgan fingerprint density at radius 1 is 1.41 bits per heavy atom. The first-order valence-electron chi connectivity index (χ1n) is 6.68. The van der Waals surface area contributed by atoms with Crippen LogP contribution in [0.25, 0.3) is 11.4 Å². The summed E-state index contributed by atoms with van der Waals surface area (Å²) >= 11 is 0. The molecule has 3 heterocycles. The van der Waals surface area contributed by atoms with E-state index in [0.717, 1.165) is 0 Å². The molecule has 22 heavy (non-hydrogen) atoms. The van der Waals surface area contributed by atoms with Crippen molar-refractivity contribution in [3.63, 3.8) is 0 Å². The summed E-state index contributed by atoms with van der Waals surface area (Å²) in [5.74, 6) is 0.00830. The minimum absolute atomic E-state index is 0.0227. The molecule has 8 nitrogen and oxygen atoms in total. The highest BCUT2D eigenvalue weighted by Crippen LogP contribution is 2.28. The predicted octanol–water partition coefficient (Wildman–Crippen LogP) is 0.706. The number of aromatic carboxylic acids is 1. The van der Waals surface area contributed by atoms with Gasteiger partial charge in [-0.1, -0.05) is 0 Å². The molecule has 2 aromatic rings. The van der Waals surface area contributed by atoms with Crippen LogP contribution in [0.1, 0.15) is 28.6 Å². The van der Waals surface area contributed by atoms with E-state index in [0.29, 0.717) is 23.6 Å². The first-order chi connectivity index (χ1) is 10.4. The number of nitrogens with zero attached hydrogens (tertiary/aromatic N) is 4. The molecule has 0 amide bonds. The van der Waals surface area contributed by atoms with Crippen LogP contribution in [0.15, 0.2) is 18.5 Å². The van der Waals surface area contributed by atoms with Gasteiger partial charge in [0, 0.05) is 18.0 Å². The van der Waals surface area contributed by atoms with Crippen LogP contribution in [-0.4, -0.2) is 50.7 Å². The van der Waals surface area contributed by atoms with Gasteiger partial charge in [0.05, 0.1) is 23.1 Å². The Bertz CT molecular complexity index is 843. The molecule has 1 unspecified atom stereocenters. The topological polar surface area (TPSA) is 115 Å². The van der Waals surface area contributed by atoms with Gasteiger partial charge in [-0.2, -0.15) is 5.10 Å². The quantitative estimate of drug-likeness (QED) is 0.884. The van der Waals surface area contributed by atoms with Gasteiger partial charge in [-0.3, -0.25) is 4.98 Å². The summed E-state index contributed by atoms with van der Waals surface area (Å²) in [5, 5.41) is 13.3. The molecule has 0 saturated carbocycles. The molecule has 0 radical (unpaired) electrons. The third kappa shape index (κ3) is 2.71. The average molecular weight is 322 g/mol. The number of aryl methyl sites for hydroxylation is 1. The highest BCUT2D eigenvalue weighted by atomic mass is 32.2. The lowest BCUT2D eigenvalue weighted by atomic mass is 10.2. The van der Waals surface area contributed by atoms with Crippen molar-refractivity contribution in [2.75, 3.05) is 11.5 Å². The molecule has 1 aliphatic rings. The van der Waals surface area contributed by atoms with Gasteiger partial charge in [0.15, 0.2) is 15.7 Å². The van der Waals surface area contributed by atoms with E-state index < -0.39 is 15.8 Å². The summed E-state index contributed by atoms with van der Waals surface area (Å²) in [6, 6.07) is 1.17. The monoisotopic (exact) mass is 322 g/mol. The Morgan fingerprint density at radius 2 is 2.18 bits per heavy atom. The van der Waals surface area contributed by atoms with Crippen molar-refractivity contribution in [2.24, 2.45) is 0 Å². The van der Waals surface area contributed by atoms with E-state index in [-0.39, 0.29) is 23.1 Å². The summed E-state index contributed by atoms with van der Waals surface area (Å²) in [4.78, 5) is 19.3. The van der Waals surface area contributed by atoms with Gasteiger partial charge in [0.25, 0.3) is 0 Å². The van der Waals surface area contributed by atoms with Crippen molar-refractivity contribution >= 4 is 15.8 Å². The van der Waals surface area contributed by atoms with Crippen molar-refractivity contribution in [1.82, 2.24) is 19.7 Å². The van der Waals surface area contributed by atoms with Crippen LogP contribution < -0.4 is 0 Å². The Hall–Kier alpha value is -2.29. The van der Waals surface area contributed by atoms with E-state index >= 15 is 0 Å². The highest BCUT2D eigenvalue weighted by molar-refractivity contribution is 7.91. The summed E-state index contributed by atoms with van der Waals surface area (Å²) in [5.41, 5.74) is 0.550. The van der Waals surface area contributed by atoms with E-state index in [1.165, 1.54) is 18.5 Å². The molecule has 0 spiro atoms. The molecule has 1 atom stereocenters. The molecular weight excluding hydrogens is 308 g/mol. The minimum Gasteiger partial charge on any atom is -0.478 e. The smallest absolute Gasteiger partial charge is 0.337 e. The van der Waals surface area contributed by atoms with Gasteiger partial charge >= 0.3 is 5.97 Å². The zero-order valence-electron chi connectivity index (χ0n) is 11.8. The average Bonchev–Trinajstić information content (AvgIpc) is 3.01. The minimum atomic E-state index is -3.05. The number of aromatic nitrogens is 4. The predicted molar refractivity (Wildman–Crippen MR) is 77.3 cm³/mol. The molecular formula is C13H14N4O4S. The van der Waals surface area contributed by atoms with E-state index in [4.69, 9.17) is 5.11 Å². The summed E-state index contributed by atoms with van der Waals surface area (Å²) in [7, 11) is -3.05. The third-order valence-electron chi connectivity index (χ3n) is 3.53. The number of hydrogen-bond donors (Lipinski definition) is 1. The first kappa shape index (κ1) is 14.6. The molecule has 9 heteroatoms. The SMILES string of the molecule is Cc1nc(-c2cncc(C(=O)O)c2)n(C2CCS(=O)(=O)C2)n1. The van der Waals surface area contributed by atoms with Crippen molar-refractivity contribution in [1.29, 1.82) is 0 Å². The van der Waals surface area contributed by atoms with E-state index in [9.17, 15) is 13.2 Å². The Balaban J connectivity index is 2.05. The van der Waals surface area contributed by atoms with Crippen LogP contribution in [0.2, 0.25) is 0 Å². The van der Waals surface area contributed by atoms with Crippen LogP contribution in [-0.2, 0) is 9.84 Å². The highest BCUT2D eigenvalue weighted by Gasteiger charge is 2.32. The third-order valence-corrected chi connectivity index (χ3v) is 5.29. The largest absolute Gasteiger partial charge is 0.478 e. The second-order valence-corrected chi connectivity index (χ2v) is 7.48. The maximum atomic E-state index is 11.7. The van der Waals surface area contributed by atoms with Crippen molar-refractivity contribution in [3.05, 3.63) is 29.8 Å². The van der Waals surface area contributed by atoms with Crippen molar-refractivity contribution in [3.8, 4) is 11.4 Å². The normalized spacial score (nSPS) is 20.1. The Labute approximate surface area is 126 Å². The van der Waals surface area contributed by atoms with Gasteiger partial charge in [0.2, 0.25) is 0 Å². The van der Waals surface area contributed by atoms with Gasteiger partial charge in [-0.15, -0.1) is 0 Å². The molecule has 1 aliphatic heterocycles. The Kier molecular flexibility index (Phi) is 3.44. The number of hydrogen-bond acceptors (Lipinski definition) is 6. The number of carboxylic acid groups (broad SMARTS) is 1. The van der Waals surface area contributed by atoms with Crippen LogP contribution in [0.3, 0.4) is 0 Å². The lowest BCUT2D eigenvalue weighted by Crippen LogP contribution is -2.14. The standard InChI is InChI=1S/C13H14N4O4S/c1-8-15-12(9-4-10(13(18)19)6-14-5-9)17(16-8)11-2-3-22(20,21)7-11/h4-6,11H,2-3,7H2,1H3,(H,18,19). The maximum Gasteiger partial charge on any atom is 0.337 e. The van der Waals surface area contributed by atoms with Gasteiger partial charge in [-0.05, 0) is 19.4 Å². The lowest BCUT2D eigenvalue weighted by molar-refractivity contribution is 0.0696. The lowest BCUT2D eigenvalue weighted by Gasteiger charge is -2.11. The second-order valence-electron chi connectivity index (χ2n) is 5.25. The molecule has 0 bridgehead atoms. The van der Waals surface area contributed by atoms with Crippen LogP contribution in [0.5, 0.6) is 0 Å². The molecule has 1 saturated heterocycles. The number of sulfone groups is 1. The fourth-order valence-electron chi connectivity index (χ4n) is 2.53. The molecule has 1 fully saturated rings. The van der Waals surface area contributed by atoms with Gasteiger partial charge in [0.1, 0.15) is 5.82 Å². The van der Waals surface area contributed by atoms with Crippen molar-refractivity contribution < 1.29 is 18.3 Å².